The van der Waals surface area contributed by atoms with Gasteiger partial charge in [-0.3, -0.25) is 4.79 Å². The van der Waals surface area contributed by atoms with Crippen molar-refractivity contribution in [1.82, 2.24) is 4.98 Å². The van der Waals surface area contributed by atoms with Crippen molar-refractivity contribution in [3.63, 3.8) is 0 Å². The number of methoxy groups -OCH3 is 2. The summed E-state index contributed by atoms with van der Waals surface area (Å²) in [6.07, 6.45) is -0.689. The van der Waals surface area contributed by atoms with Gasteiger partial charge in [0.25, 0.3) is 0 Å². The molecular weight excluding hydrogens is 404 g/mol. The summed E-state index contributed by atoms with van der Waals surface area (Å²) in [5.41, 5.74) is 3.36. The number of hydrogen-bond donors (Lipinski definition) is 1. The maximum atomic E-state index is 12.6. The van der Waals surface area contributed by atoms with Crippen molar-refractivity contribution in [2.45, 2.75) is 19.4 Å². The molecule has 2 heterocycles. The van der Waals surface area contributed by atoms with E-state index in [9.17, 15) is 9.59 Å². The molecule has 4 rings (SSSR count). The number of esters is 1. The average molecular weight is 424 g/mol. The van der Waals surface area contributed by atoms with Gasteiger partial charge in [-0.1, -0.05) is 18.2 Å². The smallest absolute Gasteiger partial charge is 0.343 e. The van der Waals surface area contributed by atoms with Gasteiger partial charge in [0.05, 0.1) is 31.3 Å². The number of hydrogen-bond acceptors (Lipinski definition) is 7. The van der Waals surface area contributed by atoms with Gasteiger partial charge in [0, 0.05) is 22.2 Å². The summed E-state index contributed by atoms with van der Waals surface area (Å²) in [7, 11) is 2.96. The number of fused-ring (bicyclic) bond motifs is 1. The molecule has 0 saturated heterocycles. The first-order valence-corrected chi connectivity index (χ1v) is 10.2. The molecule has 2 aromatic carbocycles. The van der Waals surface area contributed by atoms with Crippen LogP contribution in [-0.2, 0) is 9.53 Å². The maximum absolute atomic E-state index is 12.6. The first-order chi connectivity index (χ1) is 14.5. The van der Waals surface area contributed by atoms with Gasteiger partial charge in [-0.25, -0.2) is 9.78 Å². The number of aryl methyl sites for hydroxylation is 1. The third-order valence-electron chi connectivity index (χ3n) is 4.81. The van der Waals surface area contributed by atoms with Gasteiger partial charge in [-0.05, 0) is 25.1 Å². The standard InChI is InChI=1S/C22H20N2O5S/c1-12-23-16(11-30-12)13-5-4-6-14(9-13)24-19(25)10-18-15-7-8-17(27-2)21(28-3)20(15)22(26)29-18/h4-9,11,18H,10H2,1-3H3,(H,24,25)/t18-/m0/s1. The van der Waals surface area contributed by atoms with Crippen LogP contribution < -0.4 is 14.8 Å². The molecule has 0 saturated carbocycles. The molecule has 7 nitrogen and oxygen atoms in total. The number of thiazole rings is 1. The predicted molar refractivity (Wildman–Crippen MR) is 113 cm³/mol. The van der Waals surface area contributed by atoms with Crippen LogP contribution >= 0.6 is 11.3 Å². The maximum Gasteiger partial charge on any atom is 0.343 e. The van der Waals surface area contributed by atoms with Gasteiger partial charge in [0.2, 0.25) is 5.91 Å². The van der Waals surface area contributed by atoms with E-state index < -0.39 is 12.1 Å². The highest BCUT2D eigenvalue weighted by molar-refractivity contribution is 7.09. The monoisotopic (exact) mass is 424 g/mol. The highest BCUT2D eigenvalue weighted by Crippen LogP contribution is 2.43. The molecule has 1 aromatic heterocycles. The number of aromatic nitrogens is 1. The summed E-state index contributed by atoms with van der Waals surface area (Å²) in [5, 5.41) is 5.83. The fourth-order valence-corrected chi connectivity index (χ4v) is 4.08. The normalized spacial score (nSPS) is 14.8. The molecule has 3 aromatic rings. The van der Waals surface area contributed by atoms with Gasteiger partial charge in [-0.2, -0.15) is 0 Å². The van der Waals surface area contributed by atoms with E-state index in [0.717, 1.165) is 16.3 Å². The number of amides is 1. The van der Waals surface area contributed by atoms with E-state index in [-0.39, 0.29) is 12.3 Å². The van der Waals surface area contributed by atoms with Crippen molar-refractivity contribution in [3.05, 3.63) is 57.9 Å². The van der Waals surface area contributed by atoms with E-state index in [2.05, 4.69) is 10.3 Å². The van der Waals surface area contributed by atoms with Crippen LogP contribution in [0.4, 0.5) is 5.69 Å². The Labute approximate surface area is 177 Å². The van der Waals surface area contributed by atoms with Crippen molar-refractivity contribution < 1.29 is 23.8 Å². The van der Waals surface area contributed by atoms with E-state index >= 15 is 0 Å². The van der Waals surface area contributed by atoms with E-state index in [1.165, 1.54) is 14.2 Å². The fourth-order valence-electron chi connectivity index (χ4n) is 3.46. The van der Waals surface area contributed by atoms with Crippen molar-refractivity contribution in [1.29, 1.82) is 0 Å². The van der Waals surface area contributed by atoms with E-state index in [1.54, 1.807) is 23.5 Å². The molecule has 0 spiro atoms. The van der Waals surface area contributed by atoms with Crippen molar-refractivity contribution >= 4 is 28.9 Å². The number of carbonyl (C=O) groups excluding carboxylic acids is 2. The molecule has 1 aliphatic rings. The van der Waals surface area contributed by atoms with Crippen LogP contribution in [0.1, 0.15) is 33.5 Å². The second-order valence-corrected chi connectivity index (χ2v) is 7.81. The van der Waals surface area contributed by atoms with E-state index in [4.69, 9.17) is 14.2 Å². The Morgan fingerprint density at radius 3 is 2.77 bits per heavy atom. The fraction of sp³-hybridized carbons (Fsp3) is 0.227. The zero-order valence-electron chi connectivity index (χ0n) is 16.7. The molecule has 0 radical (unpaired) electrons. The lowest BCUT2D eigenvalue weighted by Gasteiger charge is -2.13. The largest absolute Gasteiger partial charge is 0.493 e. The Bertz CT molecular complexity index is 1120. The van der Waals surface area contributed by atoms with E-state index in [0.29, 0.717) is 28.3 Å². The summed E-state index contributed by atoms with van der Waals surface area (Å²) < 4.78 is 16.0. The Morgan fingerprint density at radius 2 is 2.07 bits per heavy atom. The number of cyclic esters (lactones) is 1. The van der Waals surface area contributed by atoms with Gasteiger partial charge in [0.15, 0.2) is 11.5 Å². The Morgan fingerprint density at radius 1 is 1.23 bits per heavy atom. The number of ether oxygens (including phenoxy) is 3. The second-order valence-electron chi connectivity index (χ2n) is 6.74. The summed E-state index contributed by atoms with van der Waals surface area (Å²) in [6.45, 7) is 1.95. The Kier molecular flexibility index (Phi) is 5.41. The average Bonchev–Trinajstić information content (AvgIpc) is 3.31. The number of carbonyl (C=O) groups is 2. The van der Waals surface area contributed by atoms with Gasteiger partial charge in [0.1, 0.15) is 11.7 Å². The van der Waals surface area contributed by atoms with Gasteiger partial charge in [-0.15, -0.1) is 11.3 Å². The third-order valence-corrected chi connectivity index (χ3v) is 5.58. The van der Waals surface area contributed by atoms with Gasteiger partial charge >= 0.3 is 5.97 Å². The predicted octanol–water partition coefficient (Wildman–Crippen LogP) is 4.38. The lowest BCUT2D eigenvalue weighted by atomic mass is 10.0. The van der Waals surface area contributed by atoms with Crippen LogP contribution in [0.2, 0.25) is 0 Å². The molecule has 1 amide bonds. The topological polar surface area (TPSA) is 86.8 Å². The van der Waals surface area contributed by atoms with Crippen molar-refractivity contribution in [3.8, 4) is 22.8 Å². The summed E-state index contributed by atoms with van der Waals surface area (Å²) >= 11 is 1.57. The van der Waals surface area contributed by atoms with Crippen LogP contribution in [0, 0.1) is 6.92 Å². The highest BCUT2D eigenvalue weighted by atomic mass is 32.1. The SMILES string of the molecule is COc1ccc2c(c1OC)C(=O)O[C@H]2CC(=O)Nc1cccc(-c2csc(C)n2)c1. The molecule has 1 aliphatic heterocycles. The molecule has 30 heavy (non-hydrogen) atoms. The molecule has 1 atom stereocenters. The highest BCUT2D eigenvalue weighted by Gasteiger charge is 2.36. The van der Waals surface area contributed by atoms with Gasteiger partial charge < -0.3 is 19.5 Å². The number of nitrogens with zero attached hydrogens (tertiary/aromatic N) is 1. The molecule has 8 heteroatoms. The quantitative estimate of drug-likeness (QED) is 0.591. The van der Waals surface area contributed by atoms with Crippen LogP contribution in [0.15, 0.2) is 41.8 Å². The molecule has 1 N–H and O–H groups in total. The van der Waals surface area contributed by atoms with Crippen LogP contribution in [-0.4, -0.2) is 31.1 Å². The number of benzene rings is 2. The Balaban J connectivity index is 1.51. The minimum absolute atomic E-state index is 0.00569. The summed E-state index contributed by atoms with van der Waals surface area (Å²) in [5.74, 6) is -0.0388. The molecule has 0 bridgehead atoms. The molecular formula is C22H20N2O5S. The lowest BCUT2D eigenvalue weighted by Crippen LogP contribution is -2.15. The molecule has 154 valence electrons. The first kappa shape index (κ1) is 19.9. The van der Waals surface area contributed by atoms with Crippen LogP contribution in [0.5, 0.6) is 11.5 Å². The minimum atomic E-state index is -0.684. The molecule has 0 unspecified atom stereocenters. The van der Waals surface area contributed by atoms with Crippen molar-refractivity contribution in [2.24, 2.45) is 0 Å². The number of nitrogens with one attached hydrogen (secondary N) is 1. The second kappa shape index (κ2) is 8.16. The number of rotatable bonds is 6. The molecule has 0 aliphatic carbocycles. The van der Waals surface area contributed by atoms with Crippen LogP contribution in [0.25, 0.3) is 11.3 Å². The number of anilines is 1. The minimum Gasteiger partial charge on any atom is -0.493 e. The van der Waals surface area contributed by atoms with Crippen molar-refractivity contribution in [2.75, 3.05) is 19.5 Å². The first-order valence-electron chi connectivity index (χ1n) is 9.28. The zero-order valence-corrected chi connectivity index (χ0v) is 17.5. The molecule has 0 fully saturated rings. The Hall–Kier alpha value is -3.39. The summed E-state index contributed by atoms with van der Waals surface area (Å²) in [4.78, 5) is 29.5. The third kappa shape index (κ3) is 3.73. The van der Waals surface area contributed by atoms with E-state index in [1.807, 2.05) is 36.6 Å². The van der Waals surface area contributed by atoms with Crippen LogP contribution in [0.3, 0.4) is 0 Å². The zero-order chi connectivity index (χ0) is 21.3. The lowest BCUT2D eigenvalue weighted by molar-refractivity contribution is -0.118. The summed E-state index contributed by atoms with van der Waals surface area (Å²) in [6, 6.07) is 10.9.